The van der Waals surface area contributed by atoms with Gasteiger partial charge in [-0.05, 0) is 31.0 Å². The normalized spacial score (nSPS) is 13.2. The third kappa shape index (κ3) is 3.44. The third-order valence-electron chi connectivity index (χ3n) is 2.54. The highest BCUT2D eigenvalue weighted by molar-refractivity contribution is 6.01. The molecule has 4 N–H and O–H groups in total. The van der Waals surface area contributed by atoms with Gasteiger partial charge in [0.2, 0.25) is 5.91 Å². The summed E-state index contributed by atoms with van der Waals surface area (Å²) in [6, 6.07) is 1.84. The van der Waals surface area contributed by atoms with Crippen LogP contribution < -0.4 is 11.1 Å². The minimum Gasteiger partial charge on any atom is -0.409 e. The fourth-order valence-electron chi connectivity index (χ4n) is 1.26. The van der Waals surface area contributed by atoms with E-state index in [1.807, 2.05) is 13.0 Å². The Balaban J connectivity index is 2.57. The summed E-state index contributed by atoms with van der Waals surface area (Å²) in [5.74, 6) is -1.03. The van der Waals surface area contributed by atoms with Crippen LogP contribution in [-0.2, 0) is 11.3 Å². The smallest absolute Gasteiger partial charge is 0.230 e. The van der Waals surface area contributed by atoms with Gasteiger partial charge in [-0.3, -0.25) is 9.78 Å². The van der Waals surface area contributed by atoms with Crippen molar-refractivity contribution in [1.29, 1.82) is 0 Å². The molecule has 17 heavy (non-hydrogen) atoms. The summed E-state index contributed by atoms with van der Waals surface area (Å²) < 4.78 is 0. The second kappa shape index (κ2) is 5.83. The van der Waals surface area contributed by atoms with Crippen LogP contribution in [0.15, 0.2) is 23.6 Å². The number of amidine groups is 1. The summed E-state index contributed by atoms with van der Waals surface area (Å²) in [6.07, 6.45) is 3.40. The van der Waals surface area contributed by atoms with Crippen LogP contribution in [0.1, 0.15) is 18.1 Å². The molecule has 0 spiro atoms. The van der Waals surface area contributed by atoms with E-state index in [0.29, 0.717) is 6.54 Å². The molecule has 1 rings (SSSR count). The van der Waals surface area contributed by atoms with Crippen molar-refractivity contribution in [2.75, 3.05) is 0 Å². The van der Waals surface area contributed by atoms with E-state index in [9.17, 15) is 4.79 Å². The van der Waals surface area contributed by atoms with Crippen molar-refractivity contribution in [2.45, 2.75) is 20.4 Å². The van der Waals surface area contributed by atoms with Crippen molar-refractivity contribution >= 4 is 11.7 Å². The Morgan fingerprint density at radius 3 is 3.00 bits per heavy atom. The summed E-state index contributed by atoms with van der Waals surface area (Å²) in [4.78, 5) is 15.6. The van der Waals surface area contributed by atoms with Crippen molar-refractivity contribution in [3.05, 3.63) is 29.6 Å². The van der Waals surface area contributed by atoms with Gasteiger partial charge in [-0.2, -0.15) is 0 Å². The quantitative estimate of drug-likeness (QED) is 0.304. The Kier molecular flexibility index (Phi) is 4.45. The number of amides is 1. The molecule has 0 saturated heterocycles. The molecule has 1 heterocycles. The highest BCUT2D eigenvalue weighted by Crippen LogP contribution is 2.05. The molecule has 1 aromatic rings. The maximum Gasteiger partial charge on any atom is 0.230 e. The van der Waals surface area contributed by atoms with Crippen molar-refractivity contribution in [3.63, 3.8) is 0 Å². The van der Waals surface area contributed by atoms with Gasteiger partial charge in [-0.15, -0.1) is 0 Å². The summed E-state index contributed by atoms with van der Waals surface area (Å²) in [7, 11) is 0. The molecular weight excluding hydrogens is 220 g/mol. The summed E-state index contributed by atoms with van der Waals surface area (Å²) >= 11 is 0. The SMILES string of the molecule is Cc1cnccc1CNC(=O)C(C)/C(N)=N/O. The van der Waals surface area contributed by atoms with Crippen LogP contribution in [0.4, 0.5) is 0 Å². The molecule has 1 aromatic heterocycles. The Hall–Kier alpha value is -2.11. The van der Waals surface area contributed by atoms with Crippen LogP contribution in [0.3, 0.4) is 0 Å². The Morgan fingerprint density at radius 1 is 1.71 bits per heavy atom. The molecule has 1 atom stereocenters. The first kappa shape index (κ1) is 13.0. The van der Waals surface area contributed by atoms with E-state index in [2.05, 4.69) is 15.5 Å². The predicted octanol–water partition coefficient (Wildman–Crippen LogP) is 0.389. The lowest BCUT2D eigenvalue weighted by Gasteiger charge is -2.11. The second-order valence-corrected chi connectivity index (χ2v) is 3.77. The first-order chi connectivity index (χ1) is 8.06. The zero-order valence-electron chi connectivity index (χ0n) is 9.84. The average molecular weight is 236 g/mol. The zero-order valence-corrected chi connectivity index (χ0v) is 9.84. The van der Waals surface area contributed by atoms with Gasteiger partial charge in [0.05, 0.1) is 5.92 Å². The predicted molar refractivity (Wildman–Crippen MR) is 63.4 cm³/mol. The fraction of sp³-hybridized carbons (Fsp3) is 0.364. The Morgan fingerprint density at radius 2 is 2.41 bits per heavy atom. The number of hydrogen-bond donors (Lipinski definition) is 3. The molecule has 0 fully saturated rings. The minimum absolute atomic E-state index is 0.103. The van der Waals surface area contributed by atoms with Gasteiger partial charge < -0.3 is 16.3 Å². The standard InChI is InChI=1S/C11H16N4O2/c1-7-5-13-4-3-9(7)6-14-11(16)8(2)10(12)15-17/h3-5,8,17H,6H2,1-2H3,(H2,12,15)(H,14,16). The second-order valence-electron chi connectivity index (χ2n) is 3.77. The summed E-state index contributed by atoms with van der Waals surface area (Å²) in [6.45, 7) is 3.89. The van der Waals surface area contributed by atoms with E-state index in [4.69, 9.17) is 10.9 Å². The number of rotatable bonds is 4. The van der Waals surface area contributed by atoms with E-state index < -0.39 is 5.92 Å². The largest absolute Gasteiger partial charge is 0.409 e. The number of nitrogens with one attached hydrogen (secondary N) is 1. The molecule has 0 saturated carbocycles. The first-order valence-corrected chi connectivity index (χ1v) is 5.21. The monoisotopic (exact) mass is 236 g/mol. The maximum atomic E-state index is 11.6. The zero-order chi connectivity index (χ0) is 12.8. The Bertz CT molecular complexity index is 431. The van der Waals surface area contributed by atoms with Crippen molar-refractivity contribution in [1.82, 2.24) is 10.3 Å². The van der Waals surface area contributed by atoms with Crippen LogP contribution >= 0.6 is 0 Å². The molecule has 6 nitrogen and oxygen atoms in total. The number of pyridine rings is 1. The van der Waals surface area contributed by atoms with E-state index in [1.165, 1.54) is 0 Å². The lowest BCUT2D eigenvalue weighted by atomic mass is 10.1. The molecule has 0 radical (unpaired) electrons. The topological polar surface area (TPSA) is 101 Å². The van der Waals surface area contributed by atoms with Crippen LogP contribution in [-0.4, -0.2) is 21.9 Å². The molecule has 6 heteroatoms. The van der Waals surface area contributed by atoms with E-state index in [1.54, 1.807) is 19.3 Å². The summed E-state index contributed by atoms with van der Waals surface area (Å²) in [5.41, 5.74) is 7.34. The third-order valence-corrected chi connectivity index (χ3v) is 2.54. The number of aromatic nitrogens is 1. The van der Waals surface area contributed by atoms with Crippen LogP contribution in [0, 0.1) is 12.8 Å². The molecular formula is C11H16N4O2. The van der Waals surface area contributed by atoms with Gasteiger partial charge in [-0.25, -0.2) is 0 Å². The minimum atomic E-state index is -0.651. The number of carbonyl (C=O) groups is 1. The van der Waals surface area contributed by atoms with Gasteiger partial charge in [0.15, 0.2) is 5.84 Å². The Labute approximate surface area is 99.5 Å². The van der Waals surface area contributed by atoms with Gasteiger partial charge in [0.1, 0.15) is 0 Å². The van der Waals surface area contributed by atoms with Gasteiger partial charge in [-0.1, -0.05) is 5.16 Å². The van der Waals surface area contributed by atoms with Gasteiger partial charge >= 0.3 is 0 Å². The number of aryl methyl sites for hydroxylation is 1. The lowest BCUT2D eigenvalue weighted by molar-refractivity contribution is -0.122. The fourth-order valence-corrected chi connectivity index (χ4v) is 1.26. The number of hydrogen-bond acceptors (Lipinski definition) is 4. The molecule has 0 aliphatic rings. The van der Waals surface area contributed by atoms with Crippen LogP contribution in [0.5, 0.6) is 0 Å². The number of carbonyl (C=O) groups excluding carboxylic acids is 1. The average Bonchev–Trinajstić information content (AvgIpc) is 2.35. The molecule has 0 aliphatic carbocycles. The maximum absolute atomic E-state index is 11.6. The number of oxime groups is 1. The molecule has 92 valence electrons. The van der Waals surface area contributed by atoms with E-state index in [-0.39, 0.29) is 11.7 Å². The molecule has 1 amide bonds. The molecule has 0 aromatic carbocycles. The lowest BCUT2D eigenvalue weighted by Crippen LogP contribution is -2.36. The summed E-state index contributed by atoms with van der Waals surface area (Å²) in [5, 5.41) is 14.0. The molecule has 0 aliphatic heterocycles. The van der Waals surface area contributed by atoms with Gasteiger partial charge in [0.25, 0.3) is 0 Å². The van der Waals surface area contributed by atoms with Crippen molar-refractivity contribution < 1.29 is 10.0 Å². The highest BCUT2D eigenvalue weighted by Gasteiger charge is 2.17. The van der Waals surface area contributed by atoms with Crippen molar-refractivity contribution in [3.8, 4) is 0 Å². The van der Waals surface area contributed by atoms with E-state index >= 15 is 0 Å². The molecule has 0 bridgehead atoms. The number of nitrogens with two attached hydrogens (primary N) is 1. The van der Waals surface area contributed by atoms with Gasteiger partial charge in [0, 0.05) is 18.9 Å². The number of nitrogens with zero attached hydrogens (tertiary/aromatic N) is 2. The van der Waals surface area contributed by atoms with Crippen LogP contribution in [0.25, 0.3) is 0 Å². The first-order valence-electron chi connectivity index (χ1n) is 5.21. The van der Waals surface area contributed by atoms with E-state index in [0.717, 1.165) is 11.1 Å². The molecule has 1 unspecified atom stereocenters. The van der Waals surface area contributed by atoms with Crippen molar-refractivity contribution in [2.24, 2.45) is 16.8 Å². The highest BCUT2D eigenvalue weighted by atomic mass is 16.4. The van der Waals surface area contributed by atoms with Crippen LogP contribution in [0.2, 0.25) is 0 Å².